The third kappa shape index (κ3) is 4.28. The van der Waals surface area contributed by atoms with Gasteiger partial charge in [-0.25, -0.2) is 0 Å². The van der Waals surface area contributed by atoms with Crippen molar-refractivity contribution < 1.29 is 9.53 Å². The molecule has 0 aliphatic heterocycles. The van der Waals surface area contributed by atoms with Crippen LogP contribution in [0.2, 0.25) is 10.0 Å². The summed E-state index contributed by atoms with van der Waals surface area (Å²) >= 11 is 12.0. The molecule has 0 aliphatic rings. The van der Waals surface area contributed by atoms with Crippen molar-refractivity contribution in [2.75, 3.05) is 17.7 Å². The molecule has 0 aliphatic carbocycles. The van der Waals surface area contributed by atoms with E-state index in [0.29, 0.717) is 27.2 Å². The van der Waals surface area contributed by atoms with Gasteiger partial charge in [-0.3, -0.25) is 4.79 Å². The molecule has 1 amide bonds. The minimum absolute atomic E-state index is 0.163. The first kappa shape index (κ1) is 15.5. The first-order valence-electron chi connectivity index (χ1n) is 6.29. The lowest BCUT2D eigenvalue weighted by Crippen LogP contribution is -2.16. The minimum Gasteiger partial charge on any atom is -0.491 e. The standard InChI is InChI=1S/C15H14Cl2N2O2/c16-10-4-3-5-11(17)15(10)19-14(20)8-9-21-13-7-2-1-6-12(13)18/h1-7H,8-9,18H2,(H,19,20). The molecule has 0 aromatic heterocycles. The first-order valence-corrected chi connectivity index (χ1v) is 7.04. The molecule has 0 spiro atoms. The number of ether oxygens (including phenoxy) is 1. The number of para-hydroxylation sites is 3. The van der Waals surface area contributed by atoms with Crippen molar-refractivity contribution in [1.82, 2.24) is 0 Å². The van der Waals surface area contributed by atoms with Crippen LogP contribution in [0.1, 0.15) is 6.42 Å². The highest BCUT2D eigenvalue weighted by Crippen LogP contribution is 2.29. The van der Waals surface area contributed by atoms with E-state index in [9.17, 15) is 4.79 Å². The lowest BCUT2D eigenvalue weighted by atomic mass is 10.3. The van der Waals surface area contributed by atoms with Crippen LogP contribution in [0.25, 0.3) is 0 Å². The molecule has 6 heteroatoms. The Morgan fingerprint density at radius 2 is 1.76 bits per heavy atom. The molecule has 21 heavy (non-hydrogen) atoms. The molecule has 0 heterocycles. The Hall–Kier alpha value is -1.91. The van der Waals surface area contributed by atoms with Gasteiger partial charge in [0.2, 0.25) is 5.91 Å². The molecular formula is C15H14Cl2N2O2. The molecule has 0 atom stereocenters. The Balaban J connectivity index is 1.87. The molecule has 2 aromatic carbocycles. The van der Waals surface area contributed by atoms with E-state index in [1.807, 2.05) is 12.1 Å². The van der Waals surface area contributed by atoms with Crippen molar-refractivity contribution in [2.24, 2.45) is 0 Å². The molecule has 0 unspecified atom stereocenters. The number of halogens is 2. The van der Waals surface area contributed by atoms with Gasteiger partial charge in [-0.05, 0) is 24.3 Å². The summed E-state index contributed by atoms with van der Waals surface area (Å²) < 4.78 is 5.45. The number of carbonyl (C=O) groups is 1. The predicted octanol–water partition coefficient (Wildman–Crippen LogP) is 3.98. The van der Waals surface area contributed by atoms with Crippen molar-refractivity contribution in [3.8, 4) is 5.75 Å². The van der Waals surface area contributed by atoms with E-state index in [4.69, 9.17) is 33.7 Å². The van der Waals surface area contributed by atoms with Crippen LogP contribution in [0.4, 0.5) is 11.4 Å². The van der Waals surface area contributed by atoms with E-state index in [0.717, 1.165) is 0 Å². The van der Waals surface area contributed by atoms with Gasteiger partial charge in [-0.2, -0.15) is 0 Å². The number of hydrogen-bond acceptors (Lipinski definition) is 3. The largest absolute Gasteiger partial charge is 0.491 e. The van der Waals surface area contributed by atoms with Gasteiger partial charge >= 0.3 is 0 Å². The fourth-order valence-electron chi connectivity index (χ4n) is 1.68. The Kier molecular flexibility index (Phi) is 5.31. The average Bonchev–Trinajstić information content (AvgIpc) is 2.45. The topological polar surface area (TPSA) is 64.3 Å². The summed E-state index contributed by atoms with van der Waals surface area (Å²) in [5, 5.41) is 3.45. The van der Waals surface area contributed by atoms with Gasteiger partial charge in [0.05, 0.1) is 34.4 Å². The van der Waals surface area contributed by atoms with Gasteiger partial charge in [0.25, 0.3) is 0 Å². The summed E-state index contributed by atoms with van der Waals surface area (Å²) in [6.07, 6.45) is 0.163. The van der Waals surface area contributed by atoms with Gasteiger partial charge in [0.15, 0.2) is 0 Å². The predicted molar refractivity (Wildman–Crippen MR) is 86.1 cm³/mol. The van der Waals surface area contributed by atoms with Crippen LogP contribution in [0.5, 0.6) is 5.75 Å². The van der Waals surface area contributed by atoms with Gasteiger partial charge in [0, 0.05) is 0 Å². The molecular weight excluding hydrogens is 311 g/mol. The SMILES string of the molecule is Nc1ccccc1OCCC(=O)Nc1c(Cl)cccc1Cl. The zero-order valence-electron chi connectivity index (χ0n) is 11.1. The molecule has 3 N–H and O–H groups in total. The van der Waals surface area contributed by atoms with Crippen LogP contribution in [0, 0.1) is 0 Å². The van der Waals surface area contributed by atoms with Crippen LogP contribution in [0.3, 0.4) is 0 Å². The highest BCUT2D eigenvalue weighted by atomic mass is 35.5. The second kappa shape index (κ2) is 7.20. The maximum absolute atomic E-state index is 11.9. The Morgan fingerprint density at radius 1 is 1.10 bits per heavy atom. The average molecular weight is 325 g/mol. The van der Waals surface area contributed by atoms with E-state index in [-0.39, 0.29) is 18.9 Å². The van der Waals surface area contributed by atoms with E-state index >= 15 is 0 Å². The highest BCUT2D eigenvalue weighted by molar-refractivity contribution is 6.39. The van der Waals surface area contributed by atoms with E-state index in [1.54, 1.807) is 30.3 Å². The fraction of sp³-hybridized carbons (Fsp3) is 0.133. The highest BCUT2D eigenvalue weighted by Gasteiger charge is 2.10. The maximum atomic E-state index is 11.9. The first-order chi connectivity index (χ1) is 10.1. The number of anilines is 2. The van der Waals surface area contributed by atoms with Crippen molar-refractivity contribution in [1.29, 1.82) is 0 Å². The summed E-state index contributed by atoms with van der Waals surface area (Å²) in [6.45, 7) is 0.210. The second-order valence-electron chi connectivity index (χ2n) is 4.28. The monoisotopic (exact) mass is 324 g/mol. The van der Waals surface area contributed by atoms with Crippen LogP contribution in [-0.4, -0.2) is 12.5 Å². The number of nitrogens with two attached hydrogens (primary N) is 1. The quantitative estimate of drug-likeness (QED) is 0.817. The molecule has 0 saturated carbocycles. The summed E-state index contributed by atoms with van der Waals surface area (Å²) in [4.78, 5) is 11.9. The van der Waals surface area contributed by atoms with Gasteiger partial charge < -0.3 is 15.8 Å². The van der Waals surface area contributed by atoms with Crippen molar-refractivity contribution >= 4 is 40.5 Å². The zero-order valence-corrected chi connectivity index (χ0v) is 12.6. The van der Waals surface area contributed by atoms with Crippen LogP contribution < -0.4 is 15.8 Å². The summed E-state index contributed by atoms with van der Waals surface area (Å²) in [5.41, 5.74) is 6.68. The molecule has 2 aromatic rings. The molecule has 2 rings (SSSR count). The molecule has 0 radical (unpaired) electrons. The molecule has 0 fully saturated rings. The van der Waals surface area contributed by atoms with E-state index in [1.165, 1.54) is 0 Å². The normalized spacial score (nSPS) is 10.2. The zero-order chi connectivity index (χ0) is 15.2. The van der Waals surface area contributed by atoms with Gasteiger partial charge in [-0.1, -0.05) is 41.4 Å². The van der Waals surface area contributed by atoms with Crippen LogP contribution in [0.15, 0.2) is 42.5 Å². The smallest absolute Gasteiger partial charge is 0.227 e. The number of carbonyl (C=O) groups excluding carboxylic acids is 1. The number of nitrogen functional groups attached to an aromatic ring is 1. The third-order valence-electron chi connectivity index (χ3n) is 2.73. The van der Waals surface area contributed by atoms with Gasteiger partial charge in [0.1, 0.15) is 5.75 Å². The lowest BCUT2D eigenvalue weighted by Gasteiger charge is -2.10. The van der Waals surface area contributed by atoms with Gasteiger partial charge in [-0.15, -0.1) is 0 Å². The Morgan fingerprint density at radius 3 is 2.43 bits per heavy atom. The van der Waals surface area contributed by atoms with Crippen LogP contribution in [-0.2, 0) is 4.79 Å². The number of rotatable bonds is 5. The number of amides is 1. The van der Waals surface area contributed by atoms with Crippen molar-refractivity contribution in [2.45, 2.75) is 6.42 Å². The fourth-order valence-corrected chi connectivity index (χ4v) is 2.18. The van der Waals surface area contributed by atoms with Crippen molar-refractivity contribution in [3.05, 3.63) is 52.5 Å². The second-order valence-corrected chi connectivity index (χ2v) is 5.10. The molecule has 4 nitrogen and oxygen atoms in total. The van der Waals surface area contributed by atoms with E-state index < -0.39 is 0 Å². The third-order valence-corrected chi connectivity index (χ3v) is 3.36. The number of hydrogen-bond donors (Lipinski definition) is 2. The number of nitrogens with one attached hydrogen (secondary N) is 1. The summed E-state index contributed by atoms with van der Waals surface area (Å²) in [6, 6.07) is 12.1. The summed E-state index contributed by atoms with van der Waals surface area (Å²) in [5.74, 6) is 0.320. The van der Waals surface area contributed by atoms with E-state index in [2.05, 4.69) is 5.32 Å². The molecule has 0 saturated heterocycles. The molecule has 0 bridgehead atoms. The van der Waals surface area contributed by atoms with Crippen LogP contribution >= 0.6 is 23.2 Å². The Labute approximate surface area is 132 Å². The lowest BCUT2D eigenvalue weighted by molar-refractivity contribution is -0.116. The Bertz CT molecular complexity index is 627. The number of benzene rings is 2. The summed E-state index contributed by atoms with van der Waals surface area (Å²) in [7, 11) is 0. The minimum atomic E-state index is -0.237. The molecule has 110 valence electrons. The van der Waals surface area contributed by atoms with Crippen molar-refractivity contribution in [3.63, 3.8) is 0 Å². The maximum Gasteiger partial charge on any atom is 0.227 e.